The smallest absolute Gasteiger partial charge is 0.175 e. The fourth-order valence-corrected chi connectivity index (χ4v) is 2.04. The van der Waals surface area contributed by atoms with Gasteiger partial charge in [-0.2, -0.15) is 10.2 Å². The van der Waals surface area contributed by atoms with Crippen molar-refractivity contribution < 1.29 is 0 Å². The molecule has 0 amide bonds. The van der Waals surface area contributed by atoms with E-state index in [1.54, 1.807) is 0 Å². The van der Waals surface area contributed by atoms with E-state index in [2.05, 4.69) is 34.5 Å². The zero-order valence-corrected chi connectivity index (χ0v) is 11.6. The van der Waals surface area contributed by atoms with Gasteiger partial charge in [0.1, 0.15) is 0 Å². The maximum Gasteiger partial charge on any atom is 0.175 e. The van der Waals surface area contributed by atoms with Crippen LogP contribution >= 0.6 is 0 Å². The summed E-state index contributed by atoms with van der Waals surface area (Å²) in [5.41, 5.74) is 4.35. The summed E-state index contributed by atoms with van der Waals surface area (Å²) in [5, 5.41) is 16.5. The predicted octanol–water partition coefficient (Wildman–Crippen LogP) is 1.84. The van der Waals surface area contributed by atoms with E-state index in [1.165, 1.54) is 18.4 Å². The molecule has 0 bridgehead atoms. The normalized spacial score (nSPS) is 14.9. The average molecular weight is 257 g/mol. The minimum Gasteiger partial charge on any atom is -0.308 e. The molecule has 2 heterocycles. The Bertz CT molecular complexity index is 581. The first-order chi connectivity index (χ1) is 9.15. The third-order valence-corrected chi connectivity index (χ3v) is 3.73. The van der Waals surface area contributed by atoms with Gasteiger partial charge in [-0.15, -0.1) is 5.10 Å². The van der Waals surface area contributed by atoms with Crippen molar-refractivity contribution in [3.63, 3.8) is 0 Å². The molecule has 2 aromatic heterocycles. The SMILES string of the molecule is Cc1nn(-c2ccc(CNC3CC3)nn2)c(C)c1C. The summed E-state index contributed by atoms with van der Waals surface area (Å²) in [5.74, 6) is 0.781. The summed E-state index contributed by atoms with van der Waals surface area (Å²) in [6.07, 6.45) is 2.58. The lowest BCUT2D eigenvalue weighted by Gasteiger charge is -2.05. The first-order valence-corrected chi connectivity index (χ1v) is 6.74. The van der Waals surface area contributed by atoms with Gasteiger partial charge in [0.25, 0.3) is 0 Å². The average Bonchev–Trinajstić information content (AvgIpc) is 3.21. The van der Waals surface area contributed by atoms with Crippen LogP contribution in [-0.4, -0.2) is 26.0 Å². The Morgan fingerprint density at radius 3 is 2.53 bits per heavy atom. The second-order valence-electron chi connectivity index (χ2n) is 5.25. The van der Waals surface area contributed by atoms with Gasteiger partial charge >= 0.3 is 0 Å². The number of aryl methyl sites for hydroxylation is 1. The van der Waals surface area contributed by atoms with Gasteiger partial charge in [-0.25, -0.2) is 4.68 Å². The highest BCUT2D eigenvalue weighted by atomic mass is 15.3. The molecule has 3 rings (SSSR count). The quantitative estimate of drug-likeness (QED) is 0.908. The van der Waals surface area contributed by atoms with E-state index in [0.29, 0.717) is 6.04 Å². The Morgan fingerprint density at radius 1 is 1.21 bits per heavy atom. The fourth-order valence-electron chi connectivity index (χ4n) is 2.04. The van der Waals surface area contributed by atoms with Crippen LogP contribution in [0.2, 0.25) is 0 Å². The largest absolute Gasteiger partial charge is 0.308 e. The summed E-state index contributed by atoms with van der Waals surface area (Å²) < 4.78 is 1.86. The van der Waals surface area contributed by atoms with Gasteiger partial charge < -0.3 is 5.32 Å². The van der Waals surface area contributed by atoms with Gasteiger partial charge in [0.2, 0.25) is 0 Å². The van der Waals surface area contributed by atoms with Crippen molar-refractivity contribution in [3.8, 4) is 5.82 Å². The Balaban J connectivity index is 1.78. The second-order valence-corrected chi connectivity index (χ2v) is 5.25. The van der Waals surface area contributed by atoms with Gasteiger partial charge in [0.05, 0.1) is 11.4 Å². The molecule has 1 aliphatic rings. The maximum atomic E-state index is 4.49. The van der Waals surface area contributed by atoms with E-state index >= 15 is 0 Å². The van der Waals surface area contributed by atoms with Crippen molar-refractivity contribution in [1.29, 1.82) is 0 Å². The van der Waals surface area contributed by atoms with E-state index in [9.17, 15) is 0 Å². The molecule has 5 nitrogen and oxygen atoms in total. The van der Waals surface area contributed by atoms with Crippen molar-refractivity contribution in [1.82, 2.24) is 25.3 Å². The zero-order chi connectivity index (χ0) is 13.4. The van der Waals surface area contributed by atoms with E-state index in [4.69, 9.17) is 0 Å². The molecule has 0 unspecified atom stereocenters. The molecule has 2 aromatic rings. The highest BCUT2D eigenvalue weighted by molar-refractivity contribution is 5.30. The molecule has 100 valence electrons. The number of rotatable bonds is 4. The van der Waals surface area contributed by atoms with Crippen LogP contribution in [0.15, 0.2) is 12.1 Å². The van der Waals surface area contributed by atoms with Crippen LogP contribution in [0.1, 0.15) is 35.5 Å². The molecule has 19 heavy (non-hydrogen) atoms. The molecule has 0 saturated heterocycles. The number of hydrogen-bond acceptors (Lipinski definition) is 4. The molecular formula is C14H19N5. The molecule has 1 aliphatic carbocycles. The highest BCUT2D eigenvalue weighted by Crippen LogP contribution is 2.19. The maximum absolute atomic E-state index is 4.49. The summed E-state index contributed by atoms with van der Waals surface area (Å²) in [6.45, 7) is 6.95. The lowest BCUT2D eigenvalue weighted by Crippen LogP contribution is -2.17. The predicted molar refractivity (Wildman–Crippen MR) is 73.2 cm³/mol. The van der Waals surface area contributed by atoms with E-state index < -0.39 is 0 Å². The summed E-state index contributed by atoms with van der Waals surface area (Å²) in [4.78, 5) is 0. The zero-order valence-electron chi connectivity index (χ0n) is 11.6. The molecule has 1 saturated carbocycles. The molecule has 0 aromatic carbocycles. The van der Waals surface area contributed by atoms with Gasteiger partial charge in [0.15, 0.2) is 5.82 Å². The summed E-state index contributed by atoms with van der Waals surface area (Å²) in [6, 6.07) is 4.69. The lowest BCUT2D eigenvalue weighted by atomic mass is 10.2. The van der Waals surface area contributed by atoms with Crippen LogP contribution in [0.3, 0.4) is 0 Å². The van der Waals surface area contributed by atoms with E-state index in [-0.39, 0.29) is 0 Å². The summed E-state index contributed by atoms with van der Waals surface area (Å²) >= 11 is 0. The van der Waals surface area contributed by atoms with Gasteiger partial charge in [-0.05, 0) is 51.3 Å². The van der Waals surface area contributed by atoms with Crippen LogP contribution in [0.25, 0.3) is 5.82 Å². The van der Waals surface area contributed by atoms with Crippen molar-refractivity contribution >= 4 is 0 Å². The monoisotopic (exact) mass is 257 g/mol. The van der Waals surface area contributed by atoms with Gasteiger partial charge in [-0.3, -0.25) is 0 Å². The lowest BCUT2D eigenvalue weighted by molar-refractivity contribution is 0.660. The van der Waals surface area contributed by atoms with Crippen LogP contribution in [0.4, 0.5) is 0 Å². The van der Waals surface area contributed by atoms with Crippen LogP contribution in [0.5, 0.6) is 0 Å². The van der Waals surface area contributed by atoms with E-state index in [1.807, 2.05) is 23.7 Å². The Kier molecular flexibility index (Phi) is 3.06. The fraction of sp³-hybridized carbons (Fsp3) is 0.500. The Labute approximate surface area is 113 Å². The Morgan fingerprint density at radius 2 is 2.00 bits per heavy atom. The third-order valence-electron chi connectivity index (χ3n) is 3.73. The van der Waals surface area contributed by atoms with Crippen LogP contribution in [-0.2, 0) is 6.54 Å². The number of nitrogens with one attached hydrogen (secondary N) is 1. The second kappa shape index (κ2) is 4.74. The van der Waals surface area contributed by atoms with Crippen molar-refractivity contribution in [2.24, 2.45) is 0 Å². The van der Waals surface area contributed by atoms with Crippen molar-refractivity contribution in [2.45, 2.75) is 46.2 Å². The van der Waals surface area contributed by atoms with Gasteiger partial charge in [0, 0.05) is 18.3 Å². The van der Waals surface area contributed by atoms with Crippen molar-refractivity contribution in [2.75, 3.05) is 0 Å². The first-order valence-electron chi connectivity index (χ1n) is 6.74. The van der Waals surface area contributed by atoms with Crippen LogP contribution < -0.4 is 5.32 Å². The highest BCUT2D eigenvalue weighted by Gasteiger charge is 2.20. The molecular weight excluding hydrogens is 238 g/mol. The molecule has 1 fully saturated rings. The van der Waals surface area contributed by atoms with Crippen LogP contribution in [0, 0.1) is 20.8 Å². The molecule has 5 heteroatoms. The third kappa shape index (κ3) is 2.51. The minimum atomic E-state index is 0.695. The first kappa shape index (κ1) is 12.3. The molecule has 0 aliphatic heterocycles. The topological polar surface area (TPSA) is 55.6 Å². The molecule has 1 N–H and O–H groups in total. The molecule has 0 spiro atoms. The molecule has 0 radical (unpaired) electrons. The molecule has 0 atom stereocenters. The Hall–Kier alpha value is -1.75. The van der Waals surface area contributed by atoms with Gasteiger partial charge in [-0.1, -0.05) is 0 Å². The summed E-state index contributed by atoms with van der Waals surface area (Å²) in [7, 11) is 0. The minimum absolute atomic E-state index is 0.695. The van der Waals surface area contributed by atoms with Crippen molar-refractivity contribution in [3.05, 3.63) is 34.8 Å². The standard InChI is InChI=1S/C14H19N5/c1-9-10(2)18-19(11(9)3)14-7-6-13(16-17-14)8-15-12-4-5-12/h6-7,12,15H,4-5,8H2,1-3H3. The number of nitrogens with zero attached hydrogens (tertiary/aromatic N) is 4. The number of aromatic nitrogens is 4. The number of hydrogen-bond donors (Lipinski definition) is 1. The van der Waals surface area contributed by atoms with E-state index in [0.717, 1.165) is 29.4 Å².